The molecule has 2 aromatic heterocycles. The highest BCUT2D eigenvalue weighted by atomic mass is 15.4. The van der Waals surface area contributed by atoms with Crippen molar-refractivity contribution in [1.82, 2.24) is 30.0 Å². The molecule has 0 saturated heterocycles. The molecule has 0 bridgehead atoms. The third-order valence-electron chi connectivity index (χ3n) is 9.99. The summed E-state index contributed by atoms with van der Waals surface area (Å²) in [7, 11) is 0. The molecule has 0 amide bonds. The number of benzene rings is 6. The van der Waals surface area contributed by atoms with Gasteiger partial charge in [-0.1, -0.05) is 135 Å². The number of hydrogen-bond donors (Lipinski definition) is 0. The van der Waals surface area contributed by atoms with Crippen molar-refractivity contribution in [1.29, 1.82) is 0 Å². The van der Waals surface area contributed by atoms with Gasteiger partial charge in [-0.25, -0.2) is 9.36 Å². The molecular weight excluding hydrogens is 601 g/mol. The smallest absolute Gasteiger partial charge is 0.113 e. The van der Waals surface area contributed by atoms with Gasteiger partial charge in [0.2, 0.25) is 0 Å². The highest BCUT2D eigenvalue weighted by Gasteiger charge is 2.27. The zero-order valence-electron chi connectivity index (χ0n) is 28.2. The number of para-hydroxylation sites is 2. The van der Waals surface area contributed by atoms with Gasteiger partial charge in [-0.3, -0.25) is 0 Å². The fourth-order valence-electron chi connectivity index (χ4n) is 6.92. The second-order valence-electron chi connectivity index (χ2n) is 13.9. The third-order valence-corrected chi connectivity index (χ3v) is 9.99. The minimum absolute atomic E-state index is 0.246. The van der Waals surface area contributed by atoms with Crippen LogP contribution in [0.25, 0.3) is 33.4 Å². The highest BCUT2D eigenvalue weighted by Crippen LogP contribution is 2.36. The fourth-order valence-corrected chi connectivity index (χ4v) is 6.92. The number of aromatic nitrogens is 6. The lowest BCUT2D eigenvalue weighted by molar-refractivity contribution is 0.637. The Bertz CT molecular complexity index is 2250. The molecule has 6 aromatic carbocycles. The summed E-state index contributed by atoms with van der Waals surface area (Å²) in [4.78, 5) is 0. The molecule has 0 fully saturated rings. The number of rotatable bonds is 8. The van der Waals surface area contributed by atoms with Crippen LogP contribution < -0.4 is 0 Å². The largest absolute Gasteiger partial charge is 0.213 e. The first kappa shape index (κ1) is 30.5. The van der Waals surface area contributed by atoms with Crippen LogP contribution in [0.3, 0.4) is 0 Å². The SMILES string of the molecule is CC(C)(c1ccccc1)c1cc(Cc2cc(-n3nnc4ccccc43)cc(C(C)(C)c3ccccc3)c2)cc(-n2nnc3ccccc32)c1. The Morgan fingerprint density at radius 1 is 0.429 bits per heavy atom. The van der Waals surface area contributed by atoms with E-state index in [9.17, 15) is 0 Å². The summed E-state index contributed by atoms with van der Waals surface area (Å²) >= 11 is 0. The molecule has 0 unspecified atom stereocenters. The average molecular weight is 639 g/mol. The van der Waals surface area contributed by atoms with Gasteiger partial charge in [0, 0.05) is 10.8 Å². The minimum Gasteiger partial charge on any atom is -0.213 e. The fraction of sp³-hybridized carbons (Fsp3) is 0.163. The lowest BCUT2D eigenvalue weighted by atomic mass is 9.76. The maximum atomic E-state index is 4.61. The van der Waals surface area contributed by atoms with E-state index in [4.69, 9.17) is 0 Å². The molecule has 6 heteroatoms. The molecule has 0 N–H and O–H groups in total. The van der Waals surface area contributed by atoms with E-state index in [1.165, 1.54) is 33.4 Å². The van der Waals surface area contributed by atoms with Gasteiger partial charge in [-0.2, -0.15) is 0 Å². The first-order valence-corrected chi connectivity index (χ1v) is 16.8. The van der Waals surface area contributed by atoms with Crippen LogP contribution in [0.4, 0.5) is 0 Å². The minimum atomic E-state index is -0.246. The summed E-state index contributed by atoms with van der Waals surface area (Å²) in [5, 5.41) is 18.2. The molecule has 0 radical (unpaired) electrons. The van der Waals surface area contributed by atoms with E-state index in [1.807, 2.05) is 45.8 Å². The van der Waals surface area contributed by atoms with Gasteiger partial charge in [-0.15, -0.1) is 10.2 Å². The van der Waals surface area contributed by atoms with E-state index < -0.39 is 0 Å². The summed E-state index contributed by atoms with van der Waals surface area (Å²) in [6.07, 6.45) is 0.719. The van der Waals surface area contributed by atoms with Crippen LogP contribution in [0.15, 0.2) is 146 Å². The summed E-state index contributed by atoms with van der Waals surface area (Å²) in [6, 6.07) is 51.4. The molecule has 8 aromatic rings. The van der Waals surface area contributed by atoms with Gasteiger partial charge in [0.15, 0.2) is 0 Å². The Hall–Kier alpha value is -5.88. The maximum Gasteiger partial charge on any atom is 0.113 e. The van der Waals surface area contributed by atoms with Gasteiger partial charge in [0.05, 0.1) is 22.4 Å². The maximum absolute atomic E-state index is 4.61. The first-order chi connectivity index (χ1) is 23.8. The Kier molecular flexibility index (Phi) is 7.44. The van der Waals surface area contributed by atoms with Crippen molar-refractivity contribution in [3.63, 3.8) is 0 Å². The second kappa shape index (κ2) is 12.0. The molecule has 0 aliphatic heterocycles. The van der Waals surface area contributed by atoms with Gasteiger partial charge < -0.3 is 0 Å². The Labute approximate surface area is 286 Å². The van der Waals surface area contributed by atoms with Crippen molar-refractivity contribution in [3.8, 4) is 11.4 Å². The van der Waals surface area contributed by atoms with E-state index in [2.05, 4.69) is 158 Å². The summed E-state index contributed by atoms with van der Waals surface area (Å²) in [5.74, 6) is 0. The van der Waals surface area contributed by atoms with Crippen molar-refractivity contribution in [3.05, 3.63) is 179 Å². The first-order valence-electron chi connectivity index (χ1n) is 16.8. The van der Waals surface area contributed by atoms with E-state index in [-0.39, 0.29) is 10.8 Å². The van der Waals surface area contributed by atoms with Crippen LogP contribution in [-0.4, -0.2) is 30.0 Å². The Balaban J connectivity index is 1.30. The molecule has 49 heavy (non-hydrogen) atoms. The Morgan fingerprint density at radius 2 is 0.816 bits per heavy atom. The summed E-state index contributed by atoms with van der Waals surface area (Å²) in [6.45, 7) is 9.17. The molecule has 0 aliphatic carbocycles. The van der Waals surface area contributed by atoms with Crippen LogP contribution in [0.2, 0.25) is 0 Å². The molecule has 0 saturated carbocycles. The van der Waals surface area contributed by atoms with Crippen LogP contribution in [-0.2, 0) is 17.3 Å². The molecule has 0 spiro atoms. The van der Waals surface area contributed by atoms with E-state index in [0.29, 0.717) is 0 Å². The molecule has 6 nitrogen and oxygen atoms in total. The van der Waals surface area contributed by atoms with Crippen LogP contribution in [0, 0.1) is 0 Å². The van der Waals surface area contributed by atoms with Crippen molar-refractivity contribution < 1.29 is 0 Å². The molecular formula is C43H38N6. The molecule has 0 aliphatic rings. The lowest BCUT2D eigenvalue weighted by Crippen LogP contribution is -2.20. The van der Waals surface area contributed by atoms with Crippen LogP contribution >= 0.6 is 0 Å². The monoisotopic (exact) mass is 638 g/mol. The number of hydrogen-bond acceptors (Lipinski definition) is 4. The topological polar surface area (TPSA) is 61.4 Å². The lowest BCUT2D eigenvalue weighted by Gasteiger charge is -2.28. The van der Waals surface area contributed by atoms with Crippen molar-refractivity contribution >= 4 is 22.1 Å². The van der Waals surface area contributed by atoms with E-state index >= 15 is 0 Å². The van der Waals surface area contributed by atoms with Gasteiger partial charge in [-0.05, 0) is 88.3 Å². The second-order valence-corrected chi connectivity index (χ2v) is 13.9. The zero-order valence-corrected chi connectivity index (χ0v) is 28.2. The van der Waals surface area contributed by atoms with Gasteiger partial charge >= 0.3 is 0 Å². The van der Waals surface area contributed by atoms with Gasteiger partial charge in [0.1, 0.15) is 11.0 Å². The number of nitrogens with zero attached hydrogens (tertiary/aromatic N) is 6. The summed E-state index contributed by atoms with van der Waals surface area (Å²) in [5.41, 5.74) is 12.5. The molecule has 2 heterocycles. The van der Waals surface area contributed by atoms with Gasteiger partial charge in [0.25, 0.3) is 0 Å². The predicted molar refractivity (Wildman–Crippen MR) is 198 cm³/mol. The average Bonchev–Trinajstić information content (AvgIpc) is 3.77. The standard InChI is InChI=1S/C43H38N6/c1-42(2,32-15-7-5-8-16-32)34-24-30(26-36(28-34)48-40-21-13-11-19-38(40)44-46-48)23-31-25-35(43(3,4)33-17-9-6-10-18-33)29-37(27-31)49-41-22-14-12-20-39(41)45-47-49/h5-22,24-29H,23H2,1-4H3. The van der Waals surface area contributed by atoms with Crippen LogP contribution in [0.1, 0.15) is 61.1 Å². The van der Waals surface area contributed by atoms with Crippen molar-refractivity contribution in [2.75, 3.05) is 0 Å². The molecule has 0 atom stereocenters. The predicted octanol–water partition coefficient (Wildman–Crippen LogP) is 9.40. The summed E-state index contributed by atoms with van der Waals surface area (Å²) < 4.78 is 3.93. The van der Waals surface area contributed by atoms with Crippen LogP contribution in [0.5, 0.6) is 0 Å². The third kappa shape index (κ3) is 5.59. The van der Waals surface area contributed by atoms with Crippen molar-refractivity contribution in [2.24, 2.45) is 0 Å². The highest BCUT2D eigenvalue weighted by molar-refractivity contribution is 5.77. The Morgan fingerprint density at radius 3 is 1.24 bits per heavy atom. The van der Waals surface area contributed by atoms with E-state index in [1.54, 1.807) is 0 Å². The quantitative estimate of drug-likeness (QED) is 0.166. The normalized spacial score (nSPS) is 12.2. The molecule has 8 rings (SSSR count). The van der Waals surface area contributed by atoms with Crippen molar-refractivity contribution in [2.45, 2.75) is 44.9 Å². The zero-order chi connectivity index (χ0) is 33.6. The molecule has 240 valence electrons. The van der Waals surface area contributed by atoms with E-state index in [0.717, 1.165) is 39.9 Å². The number of fused-ring (bicyclic) bond motifs is 2.